The van der Waals surface area contributed by atoms with Crippen molar-refractivity contribution in [2.75, 3.05) is 25.6 Å². The number of ether oxygens (including phenoxy) is 2. The fourth-order valence-electron chi connectivity index (χ4n) is 2.70. The van der Waals surface area contributed by atoms with E-state index in [0.29, 0.717) is 19.8 Å². The Morgan fingerprint density at radius 2 is 1.48 bits per heavy atom. The van der Waals surface area contributed by atoms with Crippen molar-refractivity contribution in [3.63, 3.8) is 0 Å². The van der Waals surface area contributed by atoms with Gasteiger partial charge in [0.15, 0.2) is 0 Å². The van der Waals surface area contributed by atoms with Crippen LogP contribution >= 0.6 is 0 Å². The summed E-state index contributed by atoms with van der Waals surface area (Å²) in [7, 11) is -3.89. The first-order valence-corrected chi connectivity index (χ1v) is 11.4. The van der Waals surface area contributed by atoms with Gasteiger partial charge in [0.2, 0.25) is 0 Å². The molecule has 0 saturated heterocycles. The van der Waals surface area contributed by atoms with Crippen molar-refractivity contribution in [2.24, 2.45) is 0 Å². The van der Waals surface area contributed by atoms with Crippen LogP contribution < -0.4 is 4.74 Å². The molecule has 0 aliphatic carbocycles. The molecule has 0 spiro atoms. The van der Waals surface area contributed by atoms with Gasteiger partial charge >= 0.3 is 51.4 Å². The zero-order valence-electron chi connectivity index (χ0n) is 16.0. The molecule has 1 rings (SSSR count). The van der Waals surface area contributed by atoms with Crippen molar-refractivity contribution in [2.45, 2.75) is 64.7 Å². The Bertz CT molecular complexity index is 560. The number of hydrogen-bond donors (Lipinski definition) is 1. The Morgan fingerprint density at radius 1 is 0.852 bits per heavy atom. The standard InChI is InChI=1S/C20H34O5S.K.H/c1-2-3-4-5-6-7-8-10-19-11-13-20(14-12-19)25-17-16-24-15-9-18-26(21,22)23;;/h11-14H,2-10,15-18H2,1H3,(H,21,22,23);;. The van der Waals surface area contributed by atoms with Crippen molar-refractivity contribution in [3.8, 4) is 5.75 Å². The number of hydrogen-bond acceptors (Lipinski definition) is 4. The molecule has 152 valence electrons. The van der Waals surface area contributed by atoms with E-state index < -0.39 is 10.1 Å². The van der Waals surface area contributed by atoms with Gasteiger partial charge in [-0.2, -0.15) is 8.42 Å². The van der Waals surface area contributed by atoms with Crippen LogP contribution in [-0.2, 0) is 21.3 Å². The third-order valence-electron chi connectivity index (χ3n) is 4.18. The van der Waals surface area contributed by atoms with E-state index in [-0.39, 0.29) is 63.6 Å². The van der Waals surface area contributed by atoms with E-state index in [1.54, 1.807) is 0 Å². The molecule has 5 nitrogen and oxygen atoms in total. The minimum absolute atomic E-state index is 0. The molecule has 0 aliphatic rings. The fourth-order valence-corrected chi connectivity index (χ4v) is 3.19. The first kappa shape index (κ1) is 27.5. The van der Waals surface area contributed by atoms with Crippen LogP contribution in [0.15, 0.2) is 24.3 Å². The van der Waals surface area contributed by atoms with Crippen LogP contribution in [0.2, 0.25) is 0 Å². The molecule has 0 amide bonds. The summed E-state index contributed by atoms with van der Waals surface area (Å²) in [5.74, 6) is 0.545. The van der Waals surface area contributed by atoms with E-state index in [1.807, 2.05) is 12.1 Å². The third kappa shape index (κ3) is 17.1. The van der Waals surface area contributed by atoms with Crippen molar-refractivity contribution in [1.29, 1.82) is 0 Å². The fraction of sp³-hybridized carbons (Fsp3) is 0.700. The molecule has 0 heterocycles. The van der Waals surface area contributed by atoms with Crippen LogP contribution in [0.3, 0.4) is 0 Å². The maximum absolute atomic E-state index is 10.5. The maximum atomic E-state index is 10.5. The Kier molecular flexibility index (Phi) is 17.7. The quantitative estimate of drug-likeness (QED) is 0.246. The van der Waals surface area contributed by atoms with E-state index in [2.05, 4.69) is 19.1 Å². The second-order valence-corrected chi connectivity index (χ2v) is 8.19. The molecule has 0 bridgehead atoms. The van der Waals surface area contributed by atoms with E-state index in [4.69, 9.17) is 14.0 Å². The summed E-state index contributed by atoms with van der Waals surface area (Å²) in [6.45, 7) is 3.35. The molecule has 7 heteroatoms. The normalized spacial score (nSPS) is 11.2. The van der Waals surface area contributed by atoms with Gasteiger partial charge in [0.1, 0.15) is 12.4 Å². The summed E-state index contributed by atoms with van der Waals surface area (Å²) >= 11 is 0. The van der Waals surface area contributed by atoms with Crippen LogP contribution in [0.1, 0.15) is 63.9 Å². The zero-order valence-corrected chi connectivity index (χ0v) is 16.8. The molecular formula is C20H35KO5S. The number of rotatable bonds is 16. The Balaban J connectivity index is 0.00000676. The molecule has 1 N–H and O–H groups in total. The second kappa shape index (κ2) is 17.4. The number of benzene rings is 1. The van der Waals surface area contributed by atoms with Gasteiger partial charge in [0, 0.05) is 6.61 Å². The average molecular weight is 427 g/mol. The van der Waals surface area contributed by atoms with Gasteiger partial charge in [-0.15, -0.1) is 0 Å². The SMILES string of the molecule is CCCCCCCCCc1ccc(OCCOCCCS(=O)(=O)O)cc1.[KH]. The van der Waals surface area contributed by atoms with Crippen LogP contribution in [0.25, 0.3) is 0 Å². The second-order valence-electron chi connectivity index (χ2n) is 6.62. The summed E-state index contributed by atoms with van der Waals surface area (Å²) in [6, 6.07) is 8.18. The third-order valence-corrected chi connectivity index (χ3v) is 4.98. The molecule has 1 aromatic rings. The summed E-state index contributed by atoms with van der Waals surface area (Å²) in [4.78, 5) is 0. The molecule has 27 heavy (non-hydrogen) atoms. The Hall–Kier alpha value is 0.526. The van der Waals surface area contributed by atoms with Crippen molar-refractivity contribution < 1.29 is 22.4 Å². The minimum atomic E-state index is -3.89. The van der Waals surface area contributed by atoms with Gasteiger partial charge in [-0.3, -0.25) is 4.55 Å². The molecule has 0 aliphatic heterocycles. The summed E-state index contributed by atoms with van der Waals surface area (Å²) in [5, 5.41) is 0. The van der Waals surface area contributed by atoms with Gasteiger partial charge in [-0.25, -0.2) is 0 Å². The van der Waals surface area contributed by atoms with Gasteiger partial charge in [0.25, 0.3) is 10.1 Å². The van der Waals surface area contributed by atoms with Gasteiger partial charge < -0.3 is 9.47 Å². The molecule has 0 fully saturated rings. The van der Waals surface area contributed by atoms with Crippen molar-refractivity contribution >= 4 is 61.5 Å². The van der Waals surface area contributed by atoms with Crippen molar-refractivity contribution in [1.82, 2.24) is 0 Å². The molecule has 0 atom stereocenters. The van der Waals surface area contributed by atoms with Crippen LogP contribution in [-0.4, -0.2) is 89.9 Å². The molecule has 0 radical (unpaired) electrons. The van der Waals surface area contributed by atoms with Gasteiger partial charge in [-0.05, 0) is 37.0 Å². The van der Waals surface area contributed by atoms with Crippen LogP contribution in [0.4, 0.5) is 0 Å². The van der Waals surface area contributed by atoms with E-state index >= 15 is 0 Å². The van der Waals surface area contributed by atoms with Gasteiger partial charge in [-0.1, -0.05) is 57.6 Å². The topological polar surface area (TPSA) is 72.8 Å². The summed E-state index contributed by atoms with van der Waals surface area (Å²) in [6.07, 6.45) is 10.7. The Labute approximate surface area is 207 Å². The predicted octanol–water partition coefficient (Wildman–Crippen LogP) is 4.00. The number of unbranched alkanes of at least 4 members (excludes halogenated alkanes) is 6. The van der Waals surface area contributed by atoms with Gasteiger partial charge in [0.05, 0.1) is 12.4 Å². The first-order chi connectivity index (χ1) is 12.5. The zero-order chi connectivity index (χ0) is 19.1. The first-order valence-electron chi connectivity index (χ1n) is 9.76. The molecule has 0 saturated carbocycles. The van der Waals surface area contributed by atoms with E-state index in [9.17, 15) is 8.42 Å². The molecule has 1 aromatic carbocycles. The molecule has 0 unspecified atom stereocenters. The molecular weight excluding hydrogens is 391 g/mol. The summed E-state index contributed by atoms with van der Waals surface area (Å²) < 4.78 is 40.6. The van der Waals surface area contributed by atoms with Crippen LogP contribution in [0.5, 0.6) is 5.75 Å². The van der Waals surface area contributed by atoms with E-state index in [0.717, 1.165) is 12.2 Å². The average Bonchev–Trinajstić information content (AvgIpc) is 2.60. The Morgan fingerprint density at radius 3 is 2.11 bits per heavy atom. The van der Waals surface area contributed by atoms with Crippen molar-refractivity contribution in [3.05, 3.63) is 29.8 Å². The monoisotopic (exact) mass is 426 g/mol. The van der Waals surface area contributed by atoms with Crippen LogP contribution in [0, 0.1) is 0 Å². The van der Waals surface area contributed by atoms with E-state index in [1.165, 1.54) is 50.5 Å². The summed E-state index contributed by atoms with van der Waals surface area (Å²) in [5.41, 5.74) is 1.34. The molecule has 0 aromatic heterocycles. The number of aryl methyl sites for hydroxylation is 1. The predicted molar refractivity (Wildman–Crippen MR) is 113 cm³/mol.